The molecule has 0 aliphatic heterocycles. The van der Waals surface area contributed by atoms with E-state index in [9.17, 15) is 33.5 Å². The molecule has 0 spiro atoms. The highest BCUT2D eigenvalue weighted by atomic mass is 35.5. The first kappa shape index (κ1) is 39.6. The first-order valence-corrected chi connectivity index (χ1v) is 19.1. The zero-order valence-corrected chi connectivity index (χ0v) is 31.3. The van der Waals surface area contributed by atoms with Crippen LogP contribution in [0.2, 0.25) is 10.0 Å². The fraction of sp³-hybridized carbons (Fsp3) is 0.333. The average Bonchev–Trinajstić information content (AvgIpc) is 3.47. The van der Waals surface area contributed by atoms with Crippen molar-refractivity contribution in [2.75, 3.05) is 0 Å². The van der Waals surface area contributed by atoms with Gasteiger partial charge in [0.1, 0.15) is 30.0 Å². The summed E-state index contributed by atoms with van der Waals surface area (Å²) in [6.45, 7) is 3.55. The van der Waals surface area contributed by atoms with Crippen molar-refractivity contribution < 1.29 is 42.8 Å². The quantitative estimate of drug-likeness (QED) is 0.0868. The van der Waals surface area contributed by atoms with Crippen molar-refractivity contribution >= 4 is 65.7 Å². The third kappa shape index (κ3) is 9.89. The molecule has 3 aromatic carbocycles. The monoisotopic (exact) mass is 787 g/mol. The third-order valence-electron chi connectivity index (χ3n) is 9.31. The van der Waals surface area contributed by atoms with Crippen LogP contribution in [0.5, 0.6) is 5.75 Å². The summed E-state index contributed by atoms with van der Waals surface area (Å²) in [5.41, 5.74) is 7.37. The van der Waals surface area contributed by atoms with Crippen LogP contribution >= 0.6 is 31.0 Å². The van der Waals surface area contributed by atoms with E-state index < -0.39 is 49.3 Å². The van der Waals surface area contributed by atoms with Gasteiger partial charge in [-0.15, -0.1) is 0 Å². The molecule has 1 aliphatic rings. The highest BCUT2D eigenvalue weighted by molar-refractivity contribution is 7.46. The minimum atomic E-state index is -4.82. The van der Waals surface area contributed by atoms with Gasteiger partial charge in [-0.05, 0) is 59.7 Å². The number of aromatic amines is 1. The van der Waals surface area contributed by atoms with Crippen LogP contribution in [-0.4, -0.2) is 56.2 Å². The lowest BCUT2D eigenvalue weighted by atomic mass is 9.78. The van der Waals surface area contributed by atoms with Gasteiger partial charge < -0.3 is 35.9 Å². The van der Waals surface area contributed by atoms with E-state index in [4.69, 9.17) is 33.7 Å². The molecule has 5 rings (SSSR count). The predicted molar refractivity (Wildman–Crippen MR) is 198 cm³/mol. The Kier molecular flexibility index (Phi) is 12.4. The molecule has 53 heavy (non-hydrogen) atoms. The lowest BCUT2D eigenvalue weighted by Crippen LogP contribution is -2.66. The number of amides is 4. The number of nitrogens with one attached hydrogen (secondary N) is 4. The lowest BCUT2D eigenvalue weighted by Gasteiger charge is -2.39. The van der Waals surface area contributed by atoms with Crippen LogP contribution in [0.3, 0.4) is 0 Å². The minimum absolute atomic E-state index is 0.0256. The summed E-state index contributed by atoms with van der Waals surface area (Å²) >= 11 is 12.9. The van der Waals surface area contributed by atoms with Crippen molar-refractivity contribution in [1.29, 1.82) is 0 Å². The first-order chi connectivity index (χ1) is 25.1. The first-order valence-electron chi connectivity index (χ1n) is 16.8. The molecule has 4 aromatic rings. The summed E-state index contributed by atoms with van der Waals surface area (Å²) in [5.74, 6) is -2.56. The zero-order valence-electron chi connectivity index (χ0n) is 28.9. The maximum atomic E-state index is 14.4. The van der Waals surface area contributed by atoms with E-state index in [1.54, 1.807) is 43.3 Å². The number of benzene rings is 3. The van der Waals surface area contributed by atoms with Crippen LogP contribution in [0.4, 0.5) is 4.79 Å². The highest BCUT2D eigenvalue weighted by Gasteiger charge is 2.46. The lowest BCUT2D eigenvalue weighted by molar-refractivity contribution is -0.137. The summed E-state index contributed by atoms with van der Waals surface area (Å²) in [6, 6.07) is 15.4. The van der Waals surface area contributed by atoms with Crippen molar-refractivity contribution in [2.45, 2.75) is 70.2 Å². The fourth-order valence-electron chi connectivity index (χ4n) is 6.34. The average molecular weight is 789 g/mol. The van der Waals surface area contributed by atoms with Crippen LogP contribution in [0.1, 0.15) is 49.1 Å². The maximum absolute atomic E-state index is 14.4. The predicted octanol–water partition coefficient (Wildman–Crippen LogP) is 4.84. The standard InChI is InChI=1S/C36H40Cl2N5O9P/c1-3-20(2)30(32(39)44)42-34(46)36(14-13-28-26(18-36)25-16-23(37)17-27(38)31(25)40-28)43-33(45)29(41-35(47)51-19-22-7-5-4-6-8-22)15-21-9-11-24(12-10-21)52-53(48,49)50/h4-12,16-17,20,29-30,40H,3,13-15,18-19H2,1-2H3,(H2,39,44)(H,41,47)(H,42,46)(H,43,45)(H2,48,49,50)/t20-,29-,30-,36+/m0/s1. The second-order valence-corrected chi connectivity index (χ2v) is 15.1. The van der Waals surface area contributed by atoms with Crippen molar-refractivity contribution in [3.63, 3.8) is 0 Å². The van der Waals surface area contributed by atoms with Gasteiger partial charge in [0.2, 0.25) is 17.7 Å². The number of alkyl carbamates (subject to hydrolysis) is 1. The molecule has 0 bridgehead atoms. The Hall–Kier alpha value is -4.59. The van der Waals surface area contributed by atoms with E-state index in [1.165, 1.54) is 24.3 Å². The smallest absolute Gasteiger partial charge is 0.445 e. The Balaban J connectivity index is 1.49. The molecular formula is C36H40Cl2N5O9P. The summed E-state index contributed by atoms with van der Waals surface area (Å²) in [6.07, 6.45) is -0.129. The third-order valence-corrected chi connectivity index (χ3v) is 10.3. The normalized spacial score (nSPS) is 17.2. The topological polar surface area (TPSA) is 222 Å². The molecule has 0 radical (unpaired) electrons. The molecule has 0 saturated heterocycles. The molecule has 14 nitrogen and oxygen atoms in total. The highest BCUT2D eigenvalue weighted by Crippen LogP contribution is 2.39. The number of halogens is 2. The van der Waals surface area contributed by atoms with E-state index in [-0.39, 0.29) is 37.5 Å². The summed E-state index contributed by atoms with van der Waals surface area (Å²) in [4.78, 5) is 76.1. The Morgan fingerprint density at radius 1 is 1.02 bits per heavy atom. The molecule has 282 valence electrons. The number of ether oxygens (including phenoxy) is 1. The maximum Gasteiger partial charge on any atom is 0.524 e. The van der Waals surface area contributed by atoms with Crippen molar-refractivity contribution in [2.24, 2.45) is 11.7 Å². The SMILES string of the molecule is CC[C@H](C)[C@H](NC(=O)[C@@]1(NC(=O)[C@H](Cc2ccc(OP(=O)(O)O)cc2)NC(=O)OCc2ccccc2)CCc2[nH]c3c(Cl)cc(Cl)cc3c2C1)C(N)=O. The number of phosphoric acid groups is 1. The Bertz CT molecular complexity index is 2040. The van der Waals surface area contributed by atoms with Gasteiger partial charge in [-0.1, -0.05) is 85.9 Å². The van der Waals surface area contributed by atoms with Crippen LogP contribution < -0.4 is 26.2 Å². The summed E-state index contributed by atoms with van der Waals surface area (Å²) in [7, 11) is -4.82. The second kappa shape index (κ2) is 16.6. The Labute approximate surface area is 315 Å². The van der Waals surface area contributed by atoms with E-state index in [0.717, 1.165) is 5.69 Å². The van der Waals surface area contributed by atoms with E-state index in [2.05, 4.69) is 25.5 Å². The number of H-pyrrole nitrogens is 1. The fourth-order valence-corrected chi connectivity index (χ4v) is 7.27. The molecule has 1 aromatic heterocycles. The van der Waals surface area contributed by atoms with Crippen LogP contribution in [0.25, 0.3) is 10.9 Å². The van der Waals surface area contributed by atoms with Gasteiger partial charge in [-0.3, -0.25) is 24.2 Å². The number of carbonyl (C=O) groups is 4. The molecule has 4 atom stereocenters. The van der Waals surface area contributed by atoms with E-state index in [0.29, 0.717) is 50.5 Å². The number of primary amides is 1. The Morgan fingerprint density at radius 3 is 2.36 bits per heavy atom. The van der Waals surface area contributed by atoms with Crippen molar-refractivity contribution in [1.82, 2.24) is 20.9 Å². The van der Waals surface area contributed by atoms with Crippen LogP contribution in [-0.2, 0) is 49.6 Å². The zero-order chi connectivity index (χ0) is 38.5. The largest absolute Gasteiger partial charge is 0.524 e. The second-order valence-electron chi connectivity index (χ2n) is 13.1. The van der Waals surface area contributed by atoms with Gasteiger partial charge in [0.05, 0.1) is 10.5 Å². The number of rotatable bonds is 14. The van der Waals surface area contributed by atoms with Gasteiger partial charge in [0.25, 0.3) is 0 Å². The van der Waals surface area contributed by atoms with E-state index >= 15 is 0 Å². The number of hydrogen-bond donors (Lipinski definition) is 7. The number of fused-ring (bicyclic) bond motifs is 3. The molecular weight excluding hydrogens is 748 g/mol. The molecule has 4 amide bonds. The number of hydrogen-bond acceptors (Lipinski definition) is 7. The Morgan fingerprint density at radius 2 is 1.72 bits per heavy atom. The number of aromatic nitrogens is 1. The van der Waals surface area contributed by atoms with Gasteiger partial charge >= 0.3 is 13.9 Å². The molecule has 1 aliphatic carbocycles. The molecule has 8 N–H and O–H groups in total. The van der Waals surface area contributed by atoms with Crippen molar-refractivity contribution in [3.05, 3.63) is 99.2 Å². The van der Waals surface area contributed by atoms with Crippen LogP contribution in [0, 0.1) is 5.92 Å². The molecule has 17 heteroatoms. The number of aryl methyl sites for hydroxylation is 1. The molecule has 0 saturated carbocycles. The number of phosphoric ester groups is 1. The summed E-state index contributed by atoms with van der Waals surface area (Å²) in [5, 5.41) is 9.72. The molecule has 1 heterocycles. The molecule has 0 fully saturated rings. The van der Waals surface area contributed by atoms with Crippen LogP contribution in [0.15, 0.2) is 66.7 Å². The van der Waals surface area contributed by atoms with Gasteiger partial charge in [0.15, 0.2) is 0 Å². The van der Waals surface area contributed by atoms with E-state index in [1.807, 2.05) is 13.0 Å². The van der Waals surface area contributed by atoms with Crippen molar-refractivity contribution in [3.8, 4) is 5.75 Å². The van der Waals surface area contributed by atoms with Gasteiger partial charge in [-0.2, -0.15) is 0 Å². The number of carbonyl (C=O) groups excluding carboxylic acids is 4. The van der Waals surface area contributed by atoms with Gasteiger partial charge in [0, 0.05) is 28.9 Å². The minimum Gasteiger partial charge on any atom is -0.445 e. The molecule has 0 unspecified atom stereocenters. The van der Waals surface area contributed by atoms with Gasteiger partial charge in [-0.25, -0.2) is 9.36 Å². The number of nitrogens with two attached hydrogens (primary N) is 1. The summed E-state index contributed by atoms with van der Waals surface area (Å²) < 4.78 is 21.4.